The molecule has 7 rings (SSSR count). The van der Waals surface area contributed by atoms with Crippen LogP contribution in [0.5, 0.6) is 0 Å². The Hall–Kier alpha value is -5.09. The number of anilines is 1. The van der Waals surface area contributed by atoms with Crippen LogP contribution in [-0.2, 0) is 0 Å². The first-order chi connectivity index (χ1) is 24.5. The van der Waals surface area contributed by atoms with Crippen molar-refractivity contribution in [2.45, 2.75) is 33.2 Å². The van der Waals surface area contributed by atoms with Crippen LogP contribution in [0.1, 0.15) is 31.4 Å². The number of hydrogen-bond acceptors (Lipinski definition) is 3. The summed E-state index contributed by atoms with van der Waals surface area (Å²) in [5, 5.41) is 3.56. The van der Waals surface area contributed by atoms with Crippen molar-refractivity contribution >= 4 is 33.7 Å². The summed E-state index contributed by atoms with van der Waals surface area (Å²) in [6.45, 7) is 10.1. The molecule has 1 nitrogen and oxygen atoms in total. The van der Waals surface area contributed by atoms with E-state index < -0.39 is 0 Å². The van der Waals surface area contributed by atoms with Gasteiger partial charge in [0.15, 0.2) is 0 Å². The van der Waals surface area contributed by atoms with Gasteiger partial charge in [-0.25, -0.2) is 0 Å². The zero-order chi connectivity index (χ0) is 35.0. The highest BCUT2D eigenvalue weighted by molar-refractivity contribution is 8.11. The number of rotatable bonds is 8. The summed E-state index contributed by atoms with van der Waals surface area (Å²) in [5.41, 5.74) is 8.85. The third kappa shape index (κ3) is 11.2. The Balaban J connectivity index is 0.000000159. The molecule has 3 heteroatoms. The molecule has 0 fully saturated rings. The molecule has 0 saturated carbocycles. The van der Waals surface area contributed by atoms with E-state index in [2.05, 4.69) is 196 Å². The molecule has 1 aliphatic carbocycles. The van der Waals surface area contributed by atoms with Crippen molar-refractivity contribution in [3.63, 3.8) is 0 Å². The highest BCUT2D eigenvalue weighted by Gasteiger charge is 2.07. The minimum Gasteiger partial charge on any atom is -0.379 e. The van der Waals surface area contributed by atoms with Crippen LogP contribution in [0, 0.1) is 6.92 Å². The Labute approximate surface area is 307 Å². The Morgan fingerprint density at radius 3 is 1.72 bits per heavy atom. The Morgan fingerprint density at radius 1 is 0.660 bits per heavy atom. The van der Waals surface area contributed by atoms with Crippen molar-refractivity contribution in [3.8, 4) is 32.0 Å². The summed E-state index contributed by atoms with van der Waals surface area (Å²) < 4.78 is 0. The van der Waals surface area contributed by atoms with Gasteiger partial charge in [-0.15, -0.1) is 11.3 Å². The van der Waals surface area contributed by atoms with Crippen LogP contribution in [0.2, 0.25) is 0 Å². The Kier molecular flexibility index (Phi) is 13.9. The summed E-state index contributed by atoms with van der Waals surface area (Å²) in [7, 11) is 0. The lowest BCUT2D eigenvalue weighted by Crippen LogP contribution is -2.16. The van der Waals surface area contributed by atoms with E-state index in [0.717, 1.165) is 11.3 Å². The minimum absolute atomic E-state index is 0.396. The molecular formula is C47H45NS2. The van der Waals surface area contributed by atoms with Crippen LogP contribution < -0.4 is 5.32 Å². The number of benzene rings is 5. The Bertz CT molecular complexity index is 1980. The largest absolute Gasteiger partial charge is 0.379 e. The molecule has 1 aromatic heterocycles. The first kappa shape index (κ1) is 36.2. The lowest BCUT2D eigenvalue weighted by molar-refractivity contribution is 0.883. The van der Waals surface area contributed by atoms with Crippen molar-refractivity contribution < 1.29 is 0 Å². The number of thioether (sulfide) groups is 1. The fourth-order valence-electron chi connectivity index (χ4n) is 5.33. The van der Waals surface area contributed by atoms with E-state index in [4.69, 9.17) is 0 Å². The third-order valence-electron chi connectivity index (χ3n) is 7.93. The molecule has 1 unspecified atom stereocenters. The number of aryl methyl sites for hydroxylation is 1. The van der Waals surface area contributed by atoms with Gasteiger partial charge in [-0.2, -0.15) is 0 Å². The molecule has 0 amide bonds. The molecule has 1 heterocycles. The van der Waals surface area contributed by atoms with Gasteiger partial charge in [-0.1, -0.05) is 182 Å². The van der Waals surface area contributed by atoms with Crippen molar-refractivity contribution in [1.29, 1.82) is 0 Å². The molecular weight excluding hydrogens is 643 g/mol. The normalized spacial score (nSPS) is 13.3. The van der Waals surface area contributed by atoms with Crippen molar-refractivity contribution in [2.75, 3.05) is 5.32 Å². The maximum absolute atomic E-state index is 3.89. The molecule has 50 heavy (non-hydrogen) atoms. The SMILES string of the molecule is C1=CCC(Nc2ccc(-c3ccc(-c4ccccc4)s3)cc2)C=C1.C=C(C)S/C(=C\C)c1ccccc1.Cc1ccc(-c2ccccc2)cc1. The van der Waals surface area contributed by atoms with Crippen LogP contribution >= 0.6 is 23.1 Å². The maximum atomic E-state index is 3.89. The molecule has 0 radical (unpaired) electrons. The minimum atomic E-state index is 0.396. The average Bonchev–Trinajstić information content (AvgIpc) is 3.67. The molecule has 0 aliphatic heterocycles. The first-order valence-electron chi connectivity index (χ1n) is 17.0. The zero-order valence-corrected chi connectivity index (χ0v) is 30.8. The van der Waals surface area contributed by atoms with Gasteiger partial charge in [0.05, 0.1) is 0 Å². The standard InChI is InChI=1S/C22H19NS.C13H12.C12H14S/c1-3-7-17(8-4-1)21-15-16-22(24-21)18-11-13-20(14-12-18)23-19-9-5-2-6-10-19;1-11-7-9-13(10-8-11)12-5-3-2-4-6-12;1-4-12(13-10(2)3)11-8-6-5-7-9-11/h1-9,11-16,19,23H,10H2;2-10H,1H3;4-9H,2H2,1,3H3/b;;12-4-. The molecule has 0 spiro atoms. The third-order valence-corrected chi connectivity index (χ3v) is 10.2. The lowest BCUT2D eigenvalue weighted by Gasteiger charge is -2.16. The van der Waals surface area contributed by atoms with Crippen LogP contribution in [0.25, 0.3) is 36.9 Å². The van der Waals surface area contributed by atoms with Crippen molar-refractivity contribution in [2.24, 2.45) is 0 Å². The zero-order valence-electron chi connectivity index (χ0n) is 29.1. The molecule has 0 saturated heterocycles. The molecule has 1 atom stereocenters. The topological polar surface area (TPSA) is 12.0 Å². The Morgan fingerprint density at radius 2 is 1.18 bits per heavy atom. The van der Waals surface area contributed by atoms with Crippen LogP contribution in [0.4, 0.5) is 5.69 Å². The van der Waals surface area contributed by atoms with E-state index in [1.807, 2.05) is 30.4 Å². The first-order valence-corrected chi connectivity index (χ1v) is 18.6. The molecule has 5 aromatic carbocycles. The molecule has 1 aliphatic rings. The summed E-state index contributed by atoms with van der Waals surface area (Å²) in [6.07, 6.45) is 11.8. The van der Waals surface area contributed by atoms with Crippen LogP contribution in [0.15, 0.2) is 194 Å². The summed E-state index contributed by atoms with van der Waals surface area (Å²) in [5.74, 6) is 0. The van der Waals surface area contributed by atoms with Gasteiger partial charge in [0.2, 0.25) is 0 Å². The molecule has 1 N–H and O–H groups in total. The smallest absolute Gasteiger partial charge is 0.0482 e. The monoisotopic (exact) mass is 687 g/mol. The molecule has 250 valence electrons. The quantitative estimate of drug-likeness (QED) is 0.171. The molecule has 0 bridgehead atoms. The van der Waals surface area contributed by atoms with E-state index >= 15 is 0 Å². The van der Waals surface area contributed by atoms with Gasteiger partial charge >= 0.3 is 0 Å². The molecule has 6 aromatic rings. The van der Waals surface area contributed by atoms with E-state index in [-0.39, 0.29) is 0 Å². The van der Waals surface area contributed by atoms with Crippen molar-refractivity contribution in [1.82, 2.24) is 0 Å². The number of nitrogens with one attached hydrogen (secondary N) is 1. The van der Waals surface area contributed by atoms with Gasteiger partial charge in [-0.3, -0.25) is 0 Å². The second-order valence-corrected chi connectivity index (χ2v) is 14.4. The van der Waals surface area contributed by atoms with E-state index in [1.54, 1.807) is 11.8 Å². The van der Waals surface area contributed by atoms with Crippen LogP contribution in [-0.4, -0.2) is 6.04 Å². The second-order valence-electron chi connectivity index (χ2n) is 12.0. The average molecular weight is 688 g/mol. The summed E-state index contributed by atoms with van der Waals surface area (Å²) in [4.78, 5) is 5.01. The van der Waals surface area contributed by atoms with Gasteiger partial charge in [-0.05, 0) is 84.2 Å². The van der Waals surface area contributed by atoms with Gasteiger partial charge in [0.25, 0.3) is 0 Å². The second kappa shape index (κ2) is 19.2. The van der Waals surface area contributed by atoms with Gasteiger partial charge < -0.3 is 5.32 Å². The predicted molar refractivity (Wildman–Crippen MR) is 225 cm³/mol. The number of allylic oxidation sites excluding steroid dienone is 4. The lowest BCUT2D eigenvalue weighted by atomic mass is 10.0. The summed E-state index contributed by atoms with van der Waals surface area (Å²) in [6, 6.07) is 53.5. The van der Waals surface area contributed by atoms with E-state index in [0.29, 0.717) is 6.04 Å². The van der Waals surface area contributed by atoms with Crippen LogP contribution in [0.3, 0.4) is 0 Å². The van der Waals surface area contributed by atoms with Gasteiger partial charge in [0.1, 0.15) is 0 Å². The summed E-state index contributed by atoms with van der Waals surface area (Å²) >= 11 is 3.56. The fraction of sp³-hybridized carbons (Fsp3) is 0.106. The maximum Gasteiger partial charge on any atom is 0.0482 e. The fourth-order valence-corrected chi connectivity index (χ4v) is 7.10. The van der Waals surface area contributed by atoms with Gasteiger partial charge in [0, 0.05) is 26.4 Å². The number of hydrogen-bond donors (Lipinski definition) is 1. The number of thiophene rings is 1. The highest BCUT2D eigenvalue weighted by Crippen LogP contribution is 2.35. The van der Waals surface area contributed by atoms with Crippen molar-refractivity contribution in [3.05, 3.63) is 205 Å². The predicted octanol–water partition coefficient (Wildman–Crippen LogP) is 14.4. The van der Waals surface area contributed by atoms with E-state index in [1.165, 1.54) is 53.7 Å². The van der Waals surface area contributed by atoms with E-state index in [9.17, 15) is 0 Å². The highest BCUT2D eigenvalue weighted by atomic mass is 32.2.